The quantitative estimate of drug-likeness (QED) is 0.483. The molecule has 0 aliphatic carbocycles. The Hall–Kier alpha value is -0.370. The van der Waals surface area contributed by atoms with Gasteiger partial charge >= 0.3 is 0 Å². The molecule has 0 unspecified atom stereocenters. The monoisotopic (exact) mass is 201 g/mol. The molecule has 86 valence electrons. The van der Waals surface area contributed by atoms with Crippen LogP contribution in [0.3, 0.4) is 0 Å². The molecule has 0 spiro atoms. The summed E-state index contributed by atoms with van der Waals surface area (Å²) in [7, 11) is 0. The topological polar surface area (TPSA) is 43.1 Å². The van der Waals surface area contributed by atoms with Gasteiger partial charge in [-0.1, -0.05) is 52.4 Å². The third-order valence-electron chi connectivity index (χ3n) is 1.93. The van der Waals surface area contributed by atoms with Crippen molar-refractivity contribution in [2.75, 3.05) is 6.54 Å². The molecule has 0 amide bonds. The summed E-state index contributed by atoms with van der Waals surface area (Å²) in [5.41, 5.74) is 4.85. The van der Waals surface area contributed by atoms with Crippen LogP contribution in [0.4, 0.5) is 0 Å². The Morgan fingerprint density at radius 1 is 0.929 bits per heavy atom. The Morgan fingerprint density at radius 3 is 1.79 bits per heavy atom. The first-order valence-electron chi connectivity index (χ1n) is 5.97. The molecule has 2 heteroatoms. The van der Waals surface area contributed by atoms with Gasteiger partial charge in [-0.2, -0.15) is 0 Å². The SMILES string of the molecule is CCCCCCCCCC=O.CCN. The third kappa shape index (κ3) is 22.6. The maximum absolute atomic E-state index is 9.94. The van der Waals surface area contributed by atoms with E-state index in [0.717, 1.165) is 25.7 Å². The highest BCUT2D eigenvalue weighted by Crippen LogP contribution is 2.07. The van der Waals surface area contributed by atoms with Gasteiger partial charge in [-0.3, -0.25) is 0 Å². The van der Waals surface area contributed by atoms with Gasteiger partial charge in [0.2, 0.25) is 0 Å². The predicted octanol–water partition coefficient (Wildman–Crippen LogP) is 3.29. The molecule has 0 bridgehead atoms. The summed E-state index contributed by atoms with van der Waals surface area (Å²) >= 11 is 0. The summed E-state index contributed by atoms with van der Waals surface area (Å²) in [6, 6.07) is 0. The molecule has 14 heavy (non-hydrogen) atoms. The van der Waals surface area contributed by atoms with Crippen LogP contribution < -0.4 is 5.73 Å². The molecule has 0 rings (SSSR count). The van der Waals surface area contributed by atoms with Gasteiger partial charge in [-0.15, -0.1) is 0 Å². The molecule has 0 aliphatic heterocycles. The number of hydrogen-bond acceptors (Lipinski definition) is 2. The Bertz CT molecular complexity index is 94.3. The smallest absolute Gasteiger partial charge is 0.119 e. The maximum atomic E-state index is 9.94. The zero-order chi connectivity index (χ0) is 11.1. The van der Waals surface area contributed by atoms with E-state index in [9.17, 15) is 4.79 Å². The first-order chi connectivity index (χ1) is 6.83. The first kappa shape index (κ1) is 16.1. The zero-order valence-electron chi connectivity index (χ0n) is 9.93. The summed E-state index contributed by atoms with van der Waals surface area (Å²) < 4.78 is 0. The normalized spacial score (nSPS) is 9.07. The standard InChI is InChI=1S/C10H20O.C2H7N/c1-2-3-4-5-6-7-8-9-10-11;1-2-3/h10H,2-9H2,1H3;2-3H2,1H3. The highest BCUT2D eigenvalue weighted by molar-refractivity contribution is 5.48. The van der Waals surface area contributed by atoms with Crippen molar-refractivity contribution in [3.63, 3.8) is 0 Å². The van der Waals surface area contributed by atoms with Gasteiger partial charge in [0.1, 0.15) is 6.29 Å². The number of nitrogens with two attached hydrogens (primary N) is 1. The van der Waals surface area contributed by atoms with Crippen molar-refractivity contribution in [2.24, 2.45) is 5.73 Å². The van der Waals surface area contributed by atoms with Gasteiger partial charge in [0.15, 0.2) is 0 Å². The predicted molar refractivity (Wildman–Crippen MR) is 63.4 cm³/mol. The Labute approximate surface area is 89.3 Å². The molecule has 2 N–H and O–H groups in total. The van der Waals surface area contributed by atoms with Crippen molar-refractivity contribution < 1.29 is 4.79 Å². The van der Waals surface area contributed by atoms with Crippen LogP contribution in [0.5, 0.6) is 0 Å². The van der Waals surface area contributed by atoms with E-state index in [-0.39, 0.29) is 0 Å². The molecule has 0 aliphatic rings. The summed E-state index contributed by atoms with van der Waals surface area (Å²) in [6.45, 7) is 4.88. The Balaban J connectivity index is 0. The molecule has 2 nitrogen and oxygen atoms in total. The lowest BCUT2D eigenvalue weighted by atomic mass is 10.1. The third-order valence-corrected chi connectivity index (χ3v) is 1.93. The lowest BCUT2D eigenvalue weighted by molar-refractivity contribution is -0.107. The van der Waals surface area contributed by atoms with E-state index in [1.165, 1.54) is 38.5 Å². The van der Waals surface area contributed by atoms with Crippen molar-refractivity contribution >= 4 is 6.29 Å². The lowest BCUT2D eigenvalue weighted by Crippen LogP contribution is -1.87. The fourth-order valence-electron chi connectivity index (χ4n) is 1.18. The van der Waals surface area contributed by atoms with Crippen LogP contribution in [0.2, 0.25) is 0 Å². The van der Waals surface area contributed by atoms with Gasteiger partial charge in [0, 0.05) is 6.42 Å². The van der Waals surface area contributed by atoms with Crippen molar-refractivity contribution in [2.45, 2.75) is 65.2 Å². The molecule has 0 atom stereocenters. The highest BCUT2D eigenvalue weighted by atomic mass is 16.1. The molecular formula is C12H27NO. The van der Waals surface area contributed by atoms with Crippen molar-refractivity contribution in [3.05, 3.63) is 0 Å². The van der Waals surface area contributed by atoms with E-state index >= 15 is 0 Å². The minimum atomic E-state index is 0.750. The minimum Gasteiger partial charge on any atom is -0.331 e. The second-order valence-electron chi connectivity index (χ2n) is 3.48. The molecule has 0 aromatic carbocycles. The highest BCUT2D eigenvalue weighted by Gasteiger charge is 1.89. The average Bonchev–Trinajstić information content (AvgIpc) is 2.18. The van der Waals surface area contributed by atoms with Crippen LogP contribution in [-0.4, -0.2) is 12.8 Å². The van der Waals surface area contributed by atoms with Gasteiger partial charge in [0.25, 0.3) is 0 Å². The second kappa shape index (κ2) is 18.4. The first-order valence-corrected chi connectivity index (χ1v) is 5.97. The van der Waals surface area contributed by atoms with Crippen LogP contribution in [0.1, 0.15) is 65.2 Å². The van der Waals surface area contributed by atoms with E-state index in [1.54, 1.807) is 0 Å². The largest absolute Gasteiger partial charge is 0.331 e. The van der Waals surface area contributed by atoms with E-state index in [0.29, 0.717) is 0 Å². The van der Waals surface area contributed by atoms with Crippen LogP contribution >= 0.6 is 0 Å². The van der Waals surface area contributed by atoms with Crippen molar-refractivity contribution in [1.82, 2.24) is 0 Å². The molecular weight excluding hydrogens is 174 g/mol. The van der Waals surface area contributed by atoms with Crippen molar-refractivity contribution in [3.8, 4) is 0 Å². The molecule has 0 aromatic heterocycles. The van der Waals surface area contributed by atoms with Gasteiger partial charge < -0.3 is 10.5 Å². The molecule has 0 saturated carbocycles. The summed E-state index contributed by atoms with van der Waals surface area (Å²) in [4.78, 5) is 9.94. The van der Waals surface area contributed by atoms with Crippen LogP contribution in [0.15, 0.2) is 0 Å². The Kier molecular flexibility index (Phi) is 21.2. The van der Waals surface area contributed by atoms with Crippen LogP contribution in [0.25, 0.3) is 0 Å². The number of aldehydes is 1. The number of carbonyl (C=O) groups excluding carboxylic acids is 1. The fourth-order valence-corrected chi connectivity index (χ4v) is 1.18. The van der Waals surface area contributed by atoms with E-state index < -0.39 is 0 Å². The number of carbonyl (C=O) groups is 1. The number of rotatable bonds is 8. The van der Waals surface area contributed by atoms with E-state index in [2.05, 4.69) is 6.92 Å². The van der Waals surface area contributed by atoms with Crippen molar-refractivity contribution in [1.29, 1.82) is 0 Å². The molecule has 0 fully saturated rings. The van der Waals surface area contributed by atoms with Gasteiger partial charge in [0.05, 0.1) is 0 Å². The minimum absolute atomic E-state index is 0.750. The van der Waals surface area contributed by atoms with E-state index in [4.69, 9.17) is 5.73 Å². The number of hydrogen-bond donors (Lipinski definition) is 1. The summed E-state index contributed by atoms with van der Waals surface area (Å²) in [6.07, 6.45) is 10.8. The lowest BCUT2D eigenvalue weighted by Gasteiger charge is -1.97. The number of unbranched alkanes of at least 4 members (excludes halogenated alkanes) is 7. The van der Waals surface area contributed by atoms with E-state index in [1.807, 2.05) is 6.92 Å². The summed E-state index contributed by atoms with van der Waals surface area (Å²) in [5, 5.41) is 0. The van der Waals surface area contributed by atoms with Crippen LogP contribution in [-0.2, 0) is 4.79 Å². The summed E-state index contributed by atoms with van der Waals surface area (Å²) in [5.74, 6) is 0. The van der Waals surface area contributed by atoms with Gasteiger partial charge in [-0.25, -0.2) is 0 Å². The molecule has 0 heterocycles. The molecule has 0 saturated heterocycles. The fraction of sp³-hybridized carbons (Fsp3) is 0.917. The second-order valence-corrected chi connectivity index (χ2v) is 3.48. The molecule has 0 aromatic rings. The van der Waals surface area contributed by atoms with Gasteiger partial charge in [-0.05, 0) is 13.0 Å². The van der Waals surface area contributed by atoms with Crippen LogP contribution in [0, 0.1) is 0 Å². The zero-order valence-corrected chi connectivity index (χ0v) is 9.93. The average molecular weight is 201 g/mol. The molecule has 0 radical (unpaired) electrons. The maximum Gasteiger partial charge on any atom is 0.119 e. The Morgan fingerprint density at radius 2 is 1.36 bits per heavy atom.